The van der Waals surface area contributed by atoms with Crippen LogP contribution in [0.1, 0.15) is 49.8 Å². The average Bonchev–Trinajstić information content (AvgIpc) is 2.76. The first kappa shape index (κ1) is 22.8. The number of benzene rings is 2. The lowest BCUT2D eigenvalue weighted by atomic mass is 9.90. The Kier molecular flexibility index (Phi) is 8.06. The molecule has 2 aromatic rings. The highest BCUT2D eigenvalue weighted by Crippen LogP contribution is 2.31. The average molecular weight is 422 g/mol. The van der Waals surface area contributed by atoms with Gasteiger partial charge in [0.25, 0.3) is 0 Å². The van der Waals surface area contributed by atoms with Gasteiger partial charge in [-0.3, -0.25) is 9.69 Å². The SMILES string of the molecule is CCNC(=NCc1ccccc1CN(C)C(C)C)NCC1CC(=O)Nc2ccccc21. The van der Waals surface area contributed by atoms with Gasteiger partial charge in [-0.25, -0.2) is 4.99 Å². The van der Waals surface area contributed by atoms with E-state index >= 15 is 0 Å². The Labute approximate surface area is 186 Å². The standard InChI is InChI=1S/C25H35N5O/c1-5-26-25(27-15-19-10-6-7-11-20(19)17-30(4)18(2)3)28-16-21-14-24(31)29-23-13-9-8-12-22(21)23/h6-13,18,21H,5,14-17H2,1-4H3,(H,29,31)(H2,26,27,28). The molecule has 1 amide bonds. The van der Waals surface area contributed by atoms with Crippen LogP contribution >= 0.6 is 0 Å². The second-order valence-corrected chi connectivity index (χ2v) is 8.39. The number of guanidine groups is 1. The third kappa shape index (κ3) is 6.31. The minimum Gasteiger partial charge on any atom is -0.357 e. The molecule has 0 bridgehead atoms. The van der Waals surface area contributed by atoms with E-state index in [0.29, 0.717) is 25.6 Å². The maximum atomic E-state index is 12.1. The number of nitrogens with one attached hydrogen (secondary N) is 3. The summed E-state index contributed by atoms with van der Waals surface area (Å²) in [6.45, 7) is 9.43. The lowest BCUT2D eigenvalue weighted by molar-refractivity contribution is -0.116. The third-order valence-electron chi connectivity index (χ3n) is 5.79. The molecule has 3 rings (SSSR count). The molecule has 0 aromatic heterocycles. The van der Waals surface area contributed by atoms with Crippen LogP contribution in [0, 0.1) is 0 Å². The van der Waals surface area contributed by atoms with Gasteiger partial charge in [-0.15, -0.1) is 0 Å². The van der Waals surface area contributed by atoms with Crippen molar-refractivity contribution in [2.75, 3.05) is 25.5 Å². The van der Waals surface area contributed by atoms with Crippen LogP contribution in [0.5, 0.6) is 0 Å². The maximum Gasteiger partial charge on any atom is 0.225 e. The van der Waals surface area contributed by atoms with E-state index in [0.717, 1.165) is 24.7 Å². The summed E-state index contributed by atoms with van der Waals surface area (Å²) in [4.78, 5) is 19.3. The smallest absolute Gasteiger partial charge is 0.225 e. The molecule has 6 heteroatoms. The molecule has 1 heterocycles. The van der Waals surface area contributed by atoms with Gasteiger partial charge in [0, 0.05) is 43.7 Å². The van der Waals surface area contributed by atoms with Crippen LogP contribution in [-0.2, 0) is 17.9 Å². The Balaban J connectivity index is 1.69. The number of fused-ring (bicyclic) bond motifs is 1. The van der Waals surface area contributed by atoms with E-state index in [1.165, 1.54) is 16.7 Å². The van der Waals surface area contributed by atoms with Crippen LogP contribution in [0.2, 0.25) is 0 Å². The van der Waals surface area contributed by atoms with Crippen LogP contribution < -0.4 is 16.0 Å². The van der Waals surface area contributed by atoms with Crippen molar-refractivity contribution in [3.05, 3.63) is 65.2 Å². The molecule has 0 aliphatic carbocycles. The Bertz CT molecular complexity index is 908. The fraction of sp³-hybridized carbons (Fsp3) is 0.440. The molecule has 31 heavy (non-hydrogen) atoms. The molecular formula is C25H35N5O. The molecule has 1 aliphatic heterocycles. The number of hydrogen-bond acceptors (Lipinski definition) is 3. The topological polar surface area (TPSA) is 68.8 Å². The second kappa shape index (κ2) is 11.0. The Morgan fingerprint density at radius 2 is 1.84 bits per heavy atom. The number of anilines is 1. The number of para-hydroxylation sites is 1. The minimum atomic E-state index is 0.0654. The normalized spacial score (nSPS) is 16.3. The number of carbonyl (C=O) groups excluding carboxylic acids is 1. The van der Waals surface area contributed by atoms with Crippen LogP contribution in [0.25, 0.3) is 0 Å². The zero-order chi connectivity index (χ0) is 22.2. The summed E-state index contributed by atoms with van der Waals surface area (Å²) in [7, 11) is 2.15. The number of amides is 1. The van der Waals surface area contributed by atoms with Gasteiger partial charge in [0.15, 0.2) is 5.96 Å². The van der Waals surface area contributed by atoms with Crippen molar-refractivity contribution < 1.29 is 4.79 Å². The molecule has 3 N–H and O–H groups in total. The van der Waals surface area contributed by atoms with E-state index < -0.39 is 0 Å². The largest absolute Gasteiger partial charge is 0.357 e. The van der Waals surface area contributed by atoms with Gasteiger partial charge < -0.3 is 16.0 Å². The minimum absolute atomic E-state index is 0.0654. The van der Waals surface area contributed by atoms with E-state index in [1.807, 2.05) is 18.2 Å². The Hall–Kier alpha value is -2.86. The molecule has 0 spiro atoms. The van der Waals surface area contributed by atoms with E-state index in [2.05, 4.69) is 79.0 Å². The summed E-state index contributed by atoms with van der Waals surface area (Å²) in [5.41, 5.74) is 4.62. The first-order chi connectivity index (χ1) is 15.0. The Morgan fingerprint density at radius 3 is 2.58 bits per heavy atom. The highest BCUT2D eigenvalue weighted by atomic mass is 16.1. The van der Waals surface area contributed by atoms with Crippen molar-refractivity contribution in [3.63, 3.8) is 0 Å². The van der Waals surface area contributed by atoms with Crippen molar-refractivity contribution in [2.45, 2.75) is 52.2 Å². The molecule has 0 radical (unpaired) electrons. The predicted octanol–water partition coefficient (Wildman–Crippen LogP) is 3.71. The molecule has 0 fully saturated rings. The highest BCUT2D eigenvalue weighted by molar-refractivity contribution is 5.94. The van der Waals surface area contributed by atoms with Gasteiger partial charge >= 0.3 is 0 Å². The monoisotopic (exact) mass is 421 g/mol. The zero-order valence-electron chi connectivity index (χ0n) is 19.1. The van der Waals surface area contributed by atoms with Gasteiger partial charge in [-0.1, -0.05) is 42.5 Å². The molecule has 6 nitrogen and oxygen atoms in total. The molecule has 1 aliphatic rings. The van der Waals surface area contributed by atoms with E-state index in [1.54, 1.807) is 0 Å². The summed E-state index contributed by atoms with van der Waals surface area (Å²) >= 11 is 0. The van der Waals surface area contributed by atoms with E-state index in [-0.39, 0.29) is 11.8 Å². The fourth-order valence-electron chi connectivity index (χ4n) is 3.73. The highest BCUT2D eigenvalue weighted by Gasteiger charge is 2.24. The lowest BCUT2D eigenvalue weighted by Gasteiger charge is -2.26. The summed E-state index contributed by atoms with van der Waals surface area (Å²) < 4.78 is 0. The number of carbonyl (C=O) groups is 1. The molecule has 0 saturated carbocycles. The molecule has 166 valence electrons. The summed E-state index contributed by atoms with van der Waals surface area (Å²) in [6, 6.07) is 17.0. The van der Waals surface area contributed by atoms with Gasteiger partial charge in [0.05, 0.1) is 6.54 Å². The van der Waals surface area contributed by atoms with Crippen LogP contribution in [0.15, 0.2) is 53.5 Å². The molecule has 0 saturated heterocycles. The lowest BCUT2D eigenvalue weighted by Crippen LogP contribution is -2.40. The van der Waals surface area contributed by atoms with Crippen LogP contribution in [0.4, 0.5) is 5.69 Å². The first-order valence-electron chi connectivity index (χ1n) is 11.2. The third-order valence-corrected chi connectivity index (χ3v) is 5.79. The van der Waals surface area contributed by atoms with Crippen molar-refractivity contribution in [1.29, 1.82) is 0 Å². The van der Waals surface area contributed by atoms with Crippen molar-refractivity contribution in [2.24, 2.45) is 4.99 Å². The van der Waals surface area contributed by atoms with E-state index in [4.69, 9.17) is 4.99 Å². The number of rotatable bonds is 8. The molecule has 1 unspecified atom stereocenters. The number of hydrogen-bond donors (Lipinski definition) is 3. The number of nitrogens with zero attached hydrogens (tertiary/aromatic N) is 2. The second-order valence-electron chi connectivity index (χ2n) is 8.39. The van der Waals surface area contributed by atoms with Gasteiger partial charge in [-0.05, 0) is 50.6 Å². The van der Waals surface area contributed by atoms with Crippen LogP contribution in [-0.4, -0.2) is 42.9 Å². The van der Waals surface area contributed by atoms with Gasteiger partial charge in [0.1, 0.15) is 0 Å². The molecular weight excluding hydrogens is 386 g/mol. The zero-order valence-corrected chi connectivity index (χ0v) is 19.1. The number of aliphatic imine (C=N–C) groups is 1. The predicted molar refractivity (Wildman–Crippen MR) is 128 cm³/mol. The van der Waals surface area contributed by atoms with Crippen molar-refractivity contribution in [1.82, 2.24) is 15.5 Å². The van der Waals surface area contributed by atoms with Gasteiger partial charge in [0.2, 0.25) is 5.91 Å². The van der Waals surface area contributed by atoms with Crippen molar-refractivity contribution in [3.8, 4) is 0 Å². The van der Waals surface area contributed by atoms with Gasteiger partial charge in [-0.2, -0.15) is 0 Å². The summed E-state index contributed by atoms with van der Waals surface area (Å²) in [5.74, 6) is 0.967. The van der Waals surface area contributed by atoms with Crippen LogP contribution in [0.3, 0.4) is 0 Å². The van der Waals surface area contributed by atoms with E-state index in [9.17, 15) is 4.79 Å². The quantitative estimate of drug-likeness (QED) is 0.449. The summed E-state index contributed by atoms with van der Waals surface area (Å²) in [6.07, 6.45) is 0.480. The molecule has 1 atom stereocenters. The Morgan fingerprint density at radius 1 is 1.13 bits per heavy atom. The molecule has 2 aromatic carbocycles. The summed E-state index contributed by atoms with van der Waals surface area (Å²) in [5, 5.41) is 9.75. The maximum absolute atomic E-state index is 12.1. The van der Waals surface area contributed by atoms with Crippen molar-refractivity contribution >= 4 is 17.6 Å². The fourth-order valence-corrected chi connectivity index (χ4v) is 3.73. The first-order valence-corrected chi connectivity index (χ1v) is 11.2.